The van der Waals surface area contributed by atoms with Gasteiger partial charge in [-0.1, -0.05) is 76.6 Å². The maximum atomic E-state index is 13.0. The Labute approximate surface area is 207 Å². The maximum Gasteiger partial charge on any atom is 0.243 e. The zero-order valence-electron chi connectivity index (χ0n) is 18.6. The van der Waals surface area contributed by atoms with Crippen molar-refractivity contribution >= 4 is 33.4 Å². The highest BCUT2D eigenvalue weighted by Gasteiger charge is 2.35. The zero-order valence-corrected chi connectivity index (χ0v) is 20.2. The van der Waals surface area contributed by atoms with Crippen molar-refractivity contribution in [2.75, 3.05) is 18.0 Å². The fourth-order valence-corrected chi connectivity index (χ4v) is 4.33. The lowest BCUT2D eigenvalue weighted by atomic mass is 9.96. The number of nitrogens with zero attached hydrogens (tertiary/aromatic N) is 2. The molecule has 1 saturated heterocycles. The van der Waals surface area contributed by atoms with Gasteiger partial charge in [0.15, 0.2) is 0 Å². The molecule has 4 rings (SSSR count). The lowest BCUT2D eigenvalue weighted by molar-refractivity contribution is -0.131. The van der Waals surface area contributed by atoms with E-state index in [2.05, 4.69) is 32.6 Å². The topological polar surface area (TPSA) is 85.2 Å². The molecule has 1 fully saturated rings. The predicted molar refractivity (Wildman–Crippen MR) is 135 cm³/mol. The minimum Gasteiger partial charge on any atom is -0.369 e. The third-order valence-electron chi connectivity index (χ3n) is 5.90. The van der Waals surface area contributed by atoms with E-state index in [1.54, 1.807) is 6.07 Å². The van der Waals surface area contributed by atoms with Crippen molar-refractivity contribution in [3.05, 3.63) is 100 Å². The second-order valence-corrected chi connectivity index (χ2v) is 9.25. The number of halogens is 1. The van der Waals surface area contributed by atoms with Gasteiger partial charge >= 0.3 is 0 Å². The molecule has 0 radical (unpaired) electrons. The third kappa shape index (κ3) is 5.83. The van der Waals surface area contributed by atoms with E-state index in [4.69, 9.17) is 0 Å². The van der Waals surface area contributed by atoms with E-state index in [9.17, 15) is 14.9 Å². The van der Waals surface area contributed by atoms with Gasteiger partial charge in [-0.15, -0.1) is 0 Å². The molecule has 2 amide bonds. The van der Waals surface area contributed by atoms with Crippen LogP contribution in [0.1, 0.15) is 16.7 Å². The van der Waals surface area contributed by atoms with E-state index in [0.29, 0.717) is 31.6 Å². The summed E-state index contributed by atoms with van der Waals surface area (Å²) in [6, 6.07) is 26.4. The molecule has 34 heavy (non-hydrogen) atoms. The number of hydrogen-bond donors (Lipinski definition) is 2. The molecule has 0 saturated carbocycles. The first kappa shape index (κ1) is 23.5. The normalized spacial score (nSPS) is 13.9. The van der Waals surface area contributed by atoms with E-state index in [1.807, 2.05) is 77.7 Å². The summed E-state index contributed by atoms with van der Waals surface area (Å²) in [5, 5.41) is 15.3. The van der Waals surface area contributed by atoms with Gasteiger partial charge in [-0.2, -0.15) is 5.26 Å². The molecule has 1 unspecified atom stereocenters. The van der Waals surface area contributed by atoms with Gasteiger partial charge in [0.1, 0.15) is 12.1 Å². The maximum absolute atomic E-state index is 13.0. The highest BCUT2D eigenvalue weighted by molar-refractivity contribution is 9.10. The number of benzene rings is 3. The van der Waals surface area contributed by atoms with Crippen LogP contribution in [-0.4, -0.2) is 30.9 Å². The van der Waals surface area contributed by atoms with Crippen LogP contribution in [-0.2, 0) is 22.6 Å². The van der Waals surface area contributed by atoms with Gasteiger partial charge in [0.25, 0.3) is 0 Å². The number of amides is 2. The van der Waals surface area contributed by atoms with Crippen molar-refractivity contribution < 1.29 is 9.59 Å². The highest BCUT2D eigenvalue weighted by Crippen LogP contribution is 2.30. The molecular weight excluding hydrogens is 492 g/mol. The minimum atomic E-state index is -0.671. The Kier molecular flexibility index (Phi) is 7.61. The van der Waals surface area contributed by atoms with E-state index < -0.39 is 6.04 Å². The van der Waals surface area contributed by atoms with Crippen molar-refractivity contribution in [3.8, 4) is 6.07 Å². The summed E-state index contributed by atoms with van der Waals surface area (Å²) in [5.74, 6) is -0.602. The fourth-order valence-electron chi connectivity index (χ4n) is 3.97. The lowest BCUT2D eigenvalue weighted by Crippen LogP contribution is -2.57. The van der Waals surface area contributed by atoms with Crippen molar-refractivity contribution in [3.63, 3.8) is 0 Å². The Bertz CT molecular complexity index is 1190. The van der Waals surface area contributed by atoms with Crippen LogP contribution in [0.25, 0.3) is 0 Å². The van der Waals surface area contributed by atoms with Gasteiger partial charge < -0.3 is 15.5 Å². The van der Waals surface area contributed by atoms with Crippen LogP contribution in [0.2, 0.25) is 0 Å². The van der Waals surface area contributed by atoms with Gasteiger partial charge in [-0.05, 0) is 29.3 Å². The second kappa shape index (κ2) is 11.0. The molecule has 0 aromatic heterocycles. The molecule has 0 spiro atoms. The molecule has 6 nitrogen and oxygen atoms in total. The van der Waals surface area contributed by atoms with Crippen LogP contribution in [0.15, 0.2) is 83.3 Å². The number of nitriles is 1. The molecule has 0 bridgehead atoms. The number of carbonyl (C=O) groups is 2. The molecule has 3 aromatic carbocycles. The fraction of sp³-hybridized carbons (Fsp3) is 0.222. The van der Waals surface area contributed by atoms with Crippen LogP contribution < -0.4 is 15.5 Å². The standard InChI is InChI=1S/C27H25BrN4O2/c28-23-11-12-25(21(14-23)15-29)32-17-22(18-32)26(33)31-24(13-19-7-3-1-4-8-19)27(34)30-16-20-9-5-2-6-10-20/h1-12,14,22,24H,13,16-18H2,(H,30,34)(H,31,33). The zero-order chi connectivity index (χ0) is 23.9. The van der Waals surface area contributed by atoms with E-state index in [1.165, 1.54) is 0 Å². The predicted octanol–water partition coefficient (Wildman–Crippen LogP) is 3.80. The Morgan fingerprint density at radius 1 is 1.00 bits per heavy atom. The van der Waals surface area contributed by atoms with Gasteiger partial charge in [0.05, 0.1) is 17.2 Å². The molecule has 1 heterocycles. The van der Waals surface area contributed by atoms with Crippen LogP contribution in [0.4, 0.5) is 5.69 Å². The minimum absolute atomic E-state index is 0.150. The Hall–Kier alpha value is -3.63. The number of rotatable bonds is 8. The van der Waals surface area contributed by atoms with Gasteiger partial charge in [0, 0.05) is 30.5 Å². The van der Waals surface area contributed by atoms with Crippen LogP contribution >= 0.6 is 15.9 Å². The molecular formula is C27H25BrN4O2. The summed E-state index contributed by atoms with van der Waals surface area (Å²) in [7, 11) is 0. The Morgan fingerprint density at radius 2 is 1.65 bits per heavy atom. The van der Waals surface area contributed by atoms with Crippen molar-refractivity contribution in [2.45, 2.75) is 19.0 Å². The average molecular weight is 517 g/mol. The molecule has 7 heteroatoms. The summed E-state index contributed by atoms with van der Waals surface area (Å²) < 4.78 is 0.841. The quantitative estimate of drug-likeness (QED) is 0.476. The summed E-state index contributed by atoms with van der Waals surface area (Å²) in [5.41, 5.74) is 3.36. The second-order valence-electron chi connectivity index (χ2n) is 8.33. The van der Waals surface area contributed by atoms with Crippen molar-refractivity contribution in [1.29, 1.82) is 5.26 Å². The largest absolute Gasteiger partial charge is 0.369 e. The van der Waals surface area contributed by atoms with Crippen molar-refractivity contribution in [2.24, 2.45) is 5.92 Å². The van der Waals surface area contributed by atoms with Crippen LogP contribution in [0.5, 0.6) is 0 Å². The lowest BCUT2D eigenvalue weighted by Gasteiger charge is -2.41. The smallest absolute Gasteiger partial charge is 0.243 e. The first-order valence-corrected chi connectivity index (χ1v) is 11.9. The molecule has 1 aliphatic rings. The average Bonchev–Trinajstić information content (AvgIpc) is 2.83. The van der Waals surface area contributed by atoms with Gasteiger partial charge in [-0.3, -0.25) is 9.59 Å². The third-order valence-corrected chi connectivity index (χ3v) is 6.39. The summed E-state index contributed by atoms with van der Waals surface area (Å²) in [4.78, 5) is 28.0. The van der Waals surface area contributed by atoms with E-state index in [0.717, 1.165) is 21.3 Å². The molecule has 2 N–H and O–H groups in total. The SMILES string of the molecule is N#Cc1cc(Br)ccc1N1CC(C(=O)NC(Cc2ccccc2)C(=O)NCc2ccccc2)C1. The van der Waals surface area contributed by atoms with E-state index in [-0.39, 0.29) is 17.7 Å². The highest BCUT2D eigenvalue weighted by atomic mass is 79.9. The Morgan fingerprint density at radius 3 is 2.29 bits per heavy atom. The van der Waals surface area contributed by atoms with Crippen LogP contribution in [0.3, 0.4) is 0 Å². The van der Waals surface area contributed by atoms with Gasteiger partial charge in [0.2, 0.25) is 11.8 Å². The van der Waals surface area contributed by atoms with Gasteiger partial charge in [-0.25, -0.2) is 0 Å². The summed E-state index contributed by atoms with van der Waals surface area (Å²) >= 11 is 3.38. The summed E-state index contributed by atoms with van der Waals surface area (Å²) in [6.45, 7) is 1.41. The molecule has 172 valence electrons. The van der Waals surface area contributed by atoms with E-state index >= 15 is 0 Å². The van der Waals surface area contributed by atoms with Crippen LogP contribution in [0, 0.1) is 17.2 Å². The number of hydrogen-bond acceptors (Lipinski definition) is 4. The Balaban J connectivity index is 1.39. The monoisotopic (exact) mass is 516 g/mol. The molecule has 0 aliphatic carbocycles. The first-order valence-electron chi connectivity index (χ1n) is 11.1. The van der Waals surface area contributed by atoms with Crippen molar-refractivity contribution in [1.82, 2.24) is 10.6 Å². The summed E-state index contributed by atoms with van der Waals surface area (Å²) in [6.07, 6.45) is 0.412. The number of carbonyl (C=O) groups excluding carboxylic acids is 2. The molecule has 3 aromatic rings. The number of anilines is 1. The first-order chi connectivity index (χ1) is 16.5. The molecule has 1 aliphatic heterocycles. The molecule has 1 atom stereocenters. The number of nitrogens with one attached hydrogen (secondary N) is 2.